The summed E-state index contributed by atoms with van der Waals surface area (Å²) < 4.78 is 5.58. The fraction of sp³-hybridized carbons (Fsp3) is 0.333. The van der Waals surface area contributed by atoms with E-state index in [9.17, 15) is 0 Å². The normalized spacial score (nSPS) is 12.6. The Morgan fingerprint density at radius 3 is 2.67 bits per heavy atom. The fourth-order valence-electron chi connectivity index (χ4n) is 1.90. The smallest absolute Gasteiger partial charge is 0.120 e. The van der Waals surface area contributed by atoms with Crippen LogP contribution in [0.15, 0.2) is 40.8 Å². The van der Waals surface area contributed by atoms with Crippen molar-refractivity contribution in [3.05, 3.63) is 59.0 Å². The van der Waals surface area contributed by atoms with Gasteiger partial charge in [-0.15, -0.1) is 0 Å². The van der Waals surface area contributed by atoms with Crippen molar-refractivity contribution in [2.75, 3.05) is 0 Å². The standard InChI is InChI=1S/C15H19NO2/c1-11-6-7-15(18-11)12(2)16-9-13-4-3-5-14(8-13)10-17/h3-8,12,16-17H,9-10H2,1-2H3. The van der Waals surface area contributed by atoms with E-state index in [1.54, 1.807) is 0 Å². The van der Waals surface area contributed by atoms with Crippen molar-refractivity contribution in [2.45, 2.75) is 33.0 Å². The molecule has 1 heterocycles. The molecule has 0 saturated heterocycles. The van der Waals surface area contributed by atoms with Crippen molar-refractivity contribution >= 4 is 0 Å². The van der Waals surface area contributed by atoms with Crippen LogP contribution >= 0.6 is 0 Å². The van der Waals surface area contributed by atoms with Crippen LogP contribution in [0.2, 0.25) is 0 Å². The summed E-state index contributed by atoms with van der Waals surface area (Å²) in [4.78, 5) is 0. The summed E-state index contributed by atoms with van der Waals surface area (Å²) in [7, 11) is 0. The number of hydrogen-bond donors (Lipinski definition) is 2. The first-order valence-electron chi connectivity index (χ1n) is 6.17. The zero-order chi connectivity index (χ0) is 13.0. The molecule has 1 unspecified atom stereocenters. The second-order valence-corrected chi connectivity index (χ2v) is 4.53. The number of aryl methyl sites for hydroxylation is 1. The van der Waals surface area contributed by atoms with E-state index in [-0.39, 0.29) is 12.6 Å². The third-order valence-corrected chi connectivity index (χ3v) is 2.97. The fourth-order valence-corrected chi connectivity index (χ4v) is 1.90. The van der Waals surface area contributed by atoms with Crippen LogP contribution in [0.4, 0.5) is 0 Å². The van der Waals surface area contributed by atoms with Gasteiger partial charge in [0.05, 0.1) is 12.6 Å². The van der Waals surface area contributed by atoms with Crippen molar-refractivity contribution in [1.29, 1.82) is 0 Å². The van der Waals surface area contributed by atoms with Gasteiger partial charge in [-0.2, -0.15) is 0 Å². The monoisotopic (exact) mass is 245 g/mol. The predicted molar refractivity (Wildman–Crippen MR) is 71.1 cm³/mol. The molecule has 0 radical (unpaired) electrons. The van der Waals surface area contributed by atoms with Crippen LogP contribution < -0.4 is 5.32 Å². The van der Waals surface area contributed by atoms with Crippen molar-refractivity contribution in [1.82, 2.24) is 5.32 Å². The number of aliphatic hydroxyl groups is 1. The highest BCUT2D eigenvalue weighted by Crippen LogP contribution is 2.16. The van der Waals surface area contributed by atoms with E-state index < -0.39 is 0 Å². The number of aliphatic hydroxyl groups excluding tert-OH is 1. The average molecular weight is 245 g/mol. The Kier molecular flexibility index (Phi) is 4.18. The van der Waals surface area contributed by atoms with Crippen LogP contribution in [-0.2, 0) is 13.2 Å². The van der Waals surface area contributed by atoms with Gasteiger partial charge in [-0.25, -0.2) is 0 Å². The quantitative estimate of drug-likeness (QED) is 0.851. The highest BCUT2D eigenvalue weighted by molar-refractivity contribution is 5.23. The molecule has 3 nitrogen and oxygen atoms in total. The summed E-state index contributed by atoms with van der Waals surface area (Å²) >= 11 is 0. The first-order valence-corrected chi connectivity index (χ1v) is 6.17. The number of benzene rings is 1. The molecule has 3 heteroatoms. The third-order valence-electron chi connectivity index (χ3n) is 2.97. The molecule has 96 valence electrons. The predicted octanol–water partition coefficient (Wildman–Crippen LogP) is 2.93. The largest absolute Gasteiger partial charge is 0.465 e. The summed E-state index contributed by atoms with van der Waals surface area (Å²) in [5, 5.41) is 12.5. The van der Waals surface area contributed by atoms with E-state index in [1.807, 2.05) is 43.3 Å². The van der Waals surface area contributed by atoms with Crippen LogP contribution in [-0.4, -0.2) is 5.11 Å². The Morgan fingerprint density at radius 1 is 1.22 bits per heavy atom. The molecule has 0 aliphatic heterocycles. The lowest BCUT2D eigenvalue weighted by molar-refractivity contribution is 0.281. The molecular formula is C15H19NO2. The lowest BCUT2D eigenvalue weighted by Crippen LogP contribution is -2.17. The van der Waals surface area contributed by atoms with Gasteiger partial charge in [0.2, 0.25) is 0 Å². The van der Waals surface area contributed by atoms with Gasteiger partial charge in [-0.05, 0) is 37.1 Å². The van der Waals surface area contributed by atoms with Gasteiger partial charge in [0.25, 0.3) is 0 Å². The zero-order valence-corrected chi connectivity index (χ0v) is 10.8. The highest BCUT2D eigenvalue weighted by atomic mass is 16.3. The first kappa shape index (κ1) is 12.9. The molecule has 0 aliphatic carbocycles. The number of hydrogen-bond acceptors (Lipinski definition) is 3. The van der Waals surface area contributed by atoms with E-state index in [2.05, 4.69) is 12.2 Å². The molecule has 0 aliphatic rings. The van der Waals surface area contributed by atoms with E-state index in [0.29, 0.717) is 0 Å². The second-order valence-electron chi connectivity index (χ2n) is 4.53. The van der Waals surface area contributed by atoms with E-state index >= 15 is 0 Å². The summed E-state index contributed by atoms with van der Waals surface area (Å²) in [6.07, 6.45) is 0. The molecule has 1 aromatic heterocycles. The Hall–Kier alpha value is -1.58. The lowest BCUT2D eigenvalue weighted by Gasteiger charge is -2.11. The second kappa shape index (κ2) is 5.85. The topological polar surface area (TPSA) is 45.4 Å². The van der Waals surface area contributed by atoms with Crippen molar-refractivity contribution in [3.8, 4) is 0 Å². The zero-order valence-electron chi connectivity index (χ0n) is 10.8. The van der Waals surface area contributed by atoms with Crippen LogP contribution in [0.1, 0.15) is 35.6 Å². The maximum absolute atomic E-state index is 9.08. The summed E-state index contributed by atoms with van der Waals surface area (Å²) in [6, 6.07) is 12.1. The molecule has 0 amide bonds. The number of furan rings is 1. The summed E-state index contributed by atoms with van der Waals surface area (Å²) in [5.41, 5.74) is 2.10. The minimum Gasteiger partial charge on any atom is -0.465 e. The first-order chi connectivity index (χ1) is 8.69. The van der Waals surface area contributed by atoms with E-state index in [0.717, 1.165) is 29.2 Å². The minimum absolute atomic E-state index is 0.0841. The van der Waals surface area contributed by atoms with Crippen molar-refractivity contribution < 1.29 is 9.52 Å². The van der Waals surface area contributed by atoms with Gasteiger partial charge in [-0.3, -0.25) is 0 Å². The number of rotatable bonds is 5. The molecule has 0 fully saturated rings. The summed E-state index contributed by atoms with van der Waals surface area (Å²) in [6.45, 7) is 4.87. The molecule has 2 rings (SSSR count). The van der Waals surface area contributed by atoms with Crippen molar-refractivity contribution in [3.63, 3.8) is 0 Å². The molecule has 1 atom stereocenters. The molecule has 18 heavy (non-hydrogen) atoms. The van der Waals surface area contributed by atoms with E-state index in [4.69, 9.17) is 9.52 Å². The SMILES string of the molecule is Cc1ccc(C(C)NCc2cccc(CO)c2)o1. The van der Waals surface area contributed by atoms with Gasteiger partial charge < -0.3 is 14.8 Å². The number of nitrogens with one attached hydrogen (secondary N) is 1. The van der Waals surface area contributed by atoms with Gasteiger partial charge in [0.15, 0.2) is 0 Å². The Bertz CT molecular complexity index is 505. The maximum Gasteiger partial charge on any atom is 0.120 e. The van der Waals surface area contributed by atoms with Gasteiger partial charge in [0, 0.05) is 6.54 Å². The average Bonchev–Trinajstić information content (AvgIpc) is 2.83. The minimum atomic E-state index is 0.0841. The molecule has 1 aromatic carbocycles. The lowest BCUT2D eigenvalue weighted by atomic mass is 10.1. The molecule has 0 spiro atoms. The van der Waals surface area contributed by atoms with Crippen LogP contribution in [0.25, 0.3) is 0 Å². The molecule has 0 saturated carbocycles. The molecular weight excluding hydrogens is 226 g/mol. The molecule has 2 aromatic rings. The highest BCUT2D eigenvalue weighted by Gasteiger charge is 2.08. The Balaban J connectivity index is 1.94. The molecule has 2 N–H and O–H groups in total. The van der Waals surface area contributed by atoms with Crippen LogP contribution in [0.3, 0.4) is 0 Å². The Morgan fingerprint density at radius 2 is 2.00 bits per heavy atom. The van der Waals surface area contributed by atoms with Gasteiger partial charge >= 0.3 is 0 Å². The maximum atomic E-state index is 9.08. The Labute approximate surface area is 107 Å². The third kappa shape index (κ3) is 3.22. The van der Waals surface area contributed by atoms with Crippen LogP contribution in [0.5, 0.6) is 0 Å². The molecule has 0 bridgehead atoms. The van der Waals surface area contributed by atoms with Crippen molar-refractivity contribution in [2.24, 2.45) is 0 Å². The summed E-state index contributed by atoms with van der Waals surface area (Å²) in [5.74, 6) is 1.88. The van der Waals surface area contributed by atoms with Gasteiger partial charge in [-0.1, -0.05) is 24.3 Å². The van der Waals surface area contributed by atoms with Crippen LogP contribution in [0, 0.1) is 6.92 Å². The van der Waals surface area contributed by atoms with E-state index in [1.165, 1.54) is 0 Å². The van der Waals surface area contributed by atoms with Gasteiger partial charge in [0.1, 0.15) is 11.5 Å².